The predicted molar refractivity (Wildman–Crippen MR) is 90.3 cm³/mol. The number of rotatable bonds is 4. The first-order chi connectivity index (χ1) is 10.6. The van der Waals surface area contributed by atoms with Crippen molar-refractivity contribution in [2.75, 3.05) is 37.6 Å². The Morgan fingerprint density at radius 3 is 2.59 bits per heavy atom. The van der Waals surface area contributed by atoms with Crippen molar-refractivity contribution < 1.29 is 5.11 Å². The Kier molecular flexibility index (Phi) is 4.71. The number of benzene rings is 1. The summed E-state index contributed by atoms with van der Waals surface area (Å²) in [6, 6.07) is 7.91. The quantitative estimate of drug-likeness (QED) is 0.926. The first kappa shape index (κ1) is 15.4. The molecule has 2 aromatic rings. The van der Waals surface area contributed by atoms with Crippen molar-refractivity contribution in [1.29, 1.82) is 0 Å². The van der Waals surface area contributed by atoms with E-state index in [9.17, 15) is 9.90 Å². The normalized spacial score (nSPS) is 16.1. The van der Waals surface area contributed by atoms with Gasteiger partial charge in [0.2, 0.25) is 5.88 Å². The van der Waals surface area contributed by atoms with Crippen LogP contribution in [0, 0.1) is 0 Å². The molecule has 3 rings (SSSR count). The Bertz CT molecular complexity index is 692. The van der Waals surface area contributed by atoms with Gasteiger partial charge in [0.05, 0.1) is 5.38 Å². The molecule has 1 N–H and O–H groups in total. The van der Waals surface area contributed by atoms with Crippen LogP contribution in [0.2, 0.25) is 5.02 Å². The molecule has 1 aliphatic rings. The van der Waals surface area contributed by atoms with Crippen molar-refractivity contribution in [3.8, 4) is 5.88 Å². The average molecular weight is 340 g/mol. The molecular weight excluding hydrogens is 322 g/mol. The Balaban J connectivity index is 1.53. The Labute approximate surface area is 138 Å². The van der Waals surface area contributed by atoms with Gasteiger partial charge in [-0.25, -0.2) is 0 Å². The van der Waals surface area contributed by atoms with Crippen molar-refractivity contribution >= 4 is 28.6 Å². The van der Waals surface area contributed by atoms with Crippen LogP contribution in [0.25, 0.3) is 0 Å². The van der Waals surface area contributed by atoms with E-state index in [-0.39, 0.29) is 10.8 Å². The zero-order valence-electron chi connectivity index (χ0n) is 12.1. The summed E-state index contributed by atoms with van der Waals surface area (Å²) in [5, 5.41) is 11.9. The van der Waals surface area contributed by atoms with Crippen LogP contribution in [0.3, 0.4) is 0 Å². The number of hydrogen-bond acceptors (Lipinski definition) is 5. The van der Waals surface area contributed by atoms with Gasteiger partial charge in [0.15, 0.2) is 0 Å². The van der Waals surface area contributed by atoms with Crippen LogP contribution in [-0.4, -0.2) is 47.3 Å². The molecule has 1 saturated heterocycles. The topological polar surface area (TPSA) is 48.7 Å². The molecule has 22 heavy (non-hydrogen) atoms. The monoisotopic (exact) mass is 339 g/mol. The molecule has 0 atom stereocenters. The fraction of sp³-hybridized carbons (Fsp3) is 0.400. The van der Waals surface area contributed by atoms with Gasteiger partial charge in [-0.2, -0.15) is 0 Å². The van der Waals surface area contributed by atoms with E-state index in [2.05, 4.69) is 15.9 Å². The number of piperazine rings is 1. The zero-order chi connectivity index (χ0) is 15.5. The molecule has 0 aliphatic carbocycles. The fourth-order valence-corrected chi connectivity index (χ4v) is 3.50. The number of hydrogen-bond donors (Lipinski definition) is 1. The lowest BCUT2D eigenvalue weighted by atomic mass is 10.2. The molecule has 0 saturated carbocycles. The third-order valence-electron chi connectivity index (χ3n) is 3.95. The molecule has 1 aliphatic heterocycles. The summed E-state index contributed by atoms with van der Waals surface area (Å²) in [6.45, 7) is 5.05. The first-order valence-electron chi connectivity index (χ1n) is 7.23. The maximum Gasteiger partial charge on any atom is 0.310 e. The predicted octanol–water partition coefficient (Wildman–Crippen LogP) is 2.09. The van der Waals surface area contributed by atoms with Crippen molar-refractivity contribution in [2.24, 2.45) is 0 Å². The van der Waals surface area contributed by atoms with Gasteiger partial charge in [-0.05, 0) is 18.2 Å². The highest BCUT2D eigenvalue weighted by atomic mass is 35.5. The van der Waals surface area contributed by atoms with Crippen molar-refractivity contribution in [1.82, 2.24) is 9.47 Å². The van der Waals surface area contributed by atoms with Gasteiger partial charge in [0.1, 0.15) is 0 Å². The molecule has 0 amide bonds. The number of aromatic hydroxyl groups is 1. The molecule has 118 valence electrons. The van der Waals surface area contributed by atoms with Gasteiger partial charge in [-0.3, -0.25) is 14.3 Å². The van der Waals surface area contributed by atoms with Crippen LogP contribution < -0.4 is 9.77 Å². The maximum atomic E-state index is 11.6. The minimum Gasteiger partial charge on any atom is -0.494 e. The third-order valence-corrected chi connectivity index (χ3v) is 4.93. The Morgan fingerprint density at radius 1 is 1.18 bits per heavy atom. The number of halogens is 1. The highest BCUT2D eigenvalue weighted by Gasteiger charge is 2.17. The van der Waals surface area contributed by atoms with Gasteiger partial charge < -0.3 is 10.0 Å². The standard InChI is InChI=1S/C15H18ClN3O2S/c16-12-2-1-3-13(10-12)18-7-4-17(5-8-18)6-9-19-14(20)11-22-15(19)21/h1-3,10-11,20H,4-9H2. The lowest BCUT2D eigenvalue weighted by Crippen LogP contribution is -2.47. The lowest BCUT2D eigenvalue weighted by Gasteiger charge is -2.36. The average Bonchev–Trinajstić information content (AvgIpc) is 2.84. The Morgan fingerprint density at radius 2 is 1.95 bits per heavy atom. The molecule has 0 spiro atoms. The van der Waals surface area contributed by atoms with E-state index in [1.165, 1.54) is 9.95 Å². The van der Waals surface area contributed by atoms with E-state index in [1.807, 2.05) is 18.2 Å². The smallest absolute Gasteiger partial charge is 0.310 e. The number of nitrogens with zero attached hydrogens (tertiary/aromatic N) is 3. The number of anilines is 1. The maximum absolute atomic E-state index is 11.6. The SMILES string of the molecule is O=c1scc(O)n1CCN1CCN(c2cccc(Cl)c2)CC1. The molecule has 5 nitrogen and oxygen atoms in total. The third kappa shape index (κ3) is 3.45. The molecule has 1 aromatic carbocycles. The molecular formula is C15H18ClN3O2S. The molecule has 0 radical (unpaired) electrons. The van der Waals surface area contributed by atoms with Gasteiger partial charge >= 0.3 is 4.87 Å². The van der Waals surface area contributed by atoms with Crippen LogP contribution in [0.5, 0.6) is 5.88 Å². The molecule has 2 heterocycles. The van der Waals surface area contributed by atoms with E-state index < -0.39 is 0 Å². The second-order valence-electron chi connectivity index (χ2n) is 5.32. The minimum atomic E-state index is -0.102. The van der Waals surface area contributed by atoms with Crippen molar-refractivity contribution in [2.45, 2.75) is 6.54 Å². The largest absolute Gasteiger partial charge is 0.494 e. The highest BCUT2D eigenvalue weighted by Crippen LogP contribution is 2.20. The second kappa shape index (κ2) is 6.73. The van der Waals surface area contributed by atoms with Gasteiger partial charge in [0, 0.05) is 50.0 Å². The van der Waals surface area contributed by atoms with Crippen LogP contribution in [0.4, 0.5) is 5.69 Å². The van der Waals surface area contributed by atoms with Crippen LogP contribution in [0.1, 0.15) is 0 Å². The zero-order valence-corrected chi connectivity index (χ0v) is 13.7. The van der Waals surface area contributed by atoms with Gasteiger partial charge in [-0.15, -0.1) is 0 Å². The van der Waals surface area contributed by atoms with Gasteiger partial charge in [0.25, 0.3) is 0 Å². The summed E-state index contributed by atoms with van der Waals surface area (Å²) in [4.78, 5) is 16.1. The van der Waals surface area contributed by atoms with E-state index >= 15 is 0 Å². The first-order valence-corrected chi connectivity index (χ1v) is 8.49. The highest BCUT2D eigenvalue weighted by molar-refractivity contribution is 7.07. The lowest BCUT2D eigenvalue weighted by molar-refractivity contribution is 0.243. The second-order valence-corrected chi connectivity index (χ2v) is 6.58. The summed E-state index contributed by atoms with van der Waals surface area (Å²) in [6.07, 6.45) is 0. The summed E-state index contributed by atoms with van der Waals surface area (Å²) < 4.78 is 1.42. The van der Waals surface area contributed by atoms with Crippen LogP contribution >= 0.6 is 22.9 Å². The van der Waals surface area contributed by atoms with Crippen LogP contribution in [0.15, 0.2) is 34.4 Å². The molecule has 1 fully saturated rings. The van der Waals surface area contributed by atoms with E-state index in [4.69, 9.17) is 11.6 Å². The summed E-state index contributed by atoms with van der Waals surface area (Å²) in [5.74, 6) is 0.0626. The molecule has 0 unspecified atom stereocenters. The van der Waals surface area contributed by atoms with Crippen molar-refractivity contribution in [3.05, 3.63) is 44.3 Å². The summed E-state index contributed by atoms with van der Waals surface area (Å²) in [7, 11) is 0. The molecule has 1 aromatic heterocycles. The fourth-order valence-electron chi connectivity index (χ4n) is 2.67. The Hall–Kier alpha value is -1.50. The summed E-state index contributed by atoms with van der Waals surface area (Å²) >= 11 is 7.07. The van der Waals surface area contributed by atoms with E-state index in [0.717, 1.165) is 54.8 Å². The number of aromatic nitrogens is 1. The molecule has 7 heteroatoms. The molecule has 0 bridgehead atoms. The minimum absolute atomic E-state index is 0.0626. The van der Waals surface area contributed by atoms with Crippen molar-refractivity contribution in [3.63, 3.8) is 0 Å². The van der Waals surface area contributed by atoms with Crippen LogP contribution in [-0.2, 0) is 6.54 Å². The summed E-state index contributed by atoms with van der Waals surface area (Å²) in [5.41, 5.74) is 1.15. The van der Waals surface area contributed by atoms with Gasteiger partial charge in [-0.1, -0.05) is 29.0 Å². The van der Waals surface area contributed by atoms with E-state index in [1.54, 1.807) is 0 Å². The number of thiazole rings is 1. The van der Waals surface area contributed by atoms with E-state index in [0.29, 0.717) is 6.54 Å².